The number of benzene rings is 2. The lowest BCUT2D eigenvalue weighted by molar-refractivity contribution is -0.116. The number of nitrogens with zero attached hydrogens (tertiary/aromatic N) is 2. The fraction of sp³-hybridized carbons (Fsp3) is 0.360. The molecule has 156 valence electrons. The second-order valence-corrected chi connectivity index (χ2v) is 7.80. The Bertz CT molecular complexity index is 874. The van der Waals surface area contributed by atoms with Crippen molar-refractivity contribution in [3.05, 3.63) is 71.3 Å². The van der Waals surface area contributed by atoms with Crippen LogP contribution in [-0.4, -0.2) is 37.0 Å². The number of rotatable bonds is 8. The molecule has 1 aliphatic rings. The molecule has 0 spiro atoms. The molecule has 1 fully saturated rings. The van der Waals surface area contributed by atoms with Gasteiger partial charge in [-0.05, 0) is 68.1 Å². The van der Waals surface area contributed by atoms with Gasteiger partial charge in [-0.3, -0.25) is 9.69 Å². The highest BCUT2D eigenvalue weighted by molar-refractivity contribution is 5.91. The summed E-state index contributed by atoms with van der Waals surface area (Å²) in [5.74, 6) is 1.11. The van der Waals surface area contributed by atoms with Gasteiger partial charge >= 0.3 is 0 Å². The Balaban J connectivity index is 1.35. The van der Waals surface area contributed by atoms with Crippen molar-refractivity contribution in [2.45, 2.75) is 26.3 Å². The lowest BCUT2D eigenvalue weighted by Crippen LogP contribution is -2.38. The molecule has 1 amide bonds. The predicted molar refractivity (Wildman–Crippen MR) is 119 cm³/mol. The van der Waals surface area contributed by atoms with Crippen LogP contribution in [0.4, 0.5) is 0 Å². The highest BCUT2D eigenvalue weighted by atomic mass is 16.5. The van der Waals surface area contributed by atoms with Crippen LogP contribution in [0.5, 0.6) is 5.75 Å². The van der Waals surface area contributed by atoms with Crippen molar-refractivity contribution in [3.63, 3.8) is 0 Å². The molecule has 2 aromatic rings. The third-order valence-corrected chi connectivity index (χ3v) is 5.41. The molecule has 0 bridgehead atoms. The number of carbonyl (C=O) groups is 1. The molecule has 5 heteroatoms. The van der Waals surface area contributed by atoms with Gasteiger partial charge in [-0.15, -0.1) is 0 Å². The largest absolute Gasteiger partial charge is 0.479 e. The number of nitrogens with one attached hydrogen (secondary N) is 1. The van der Waals surface area contributed by atoms with E-state index in [4.69, 9.17) is 10.00 Å². The van der Waals surface area contributed by atoms with Crippen LogP contribution in [-0.2, 0) is 11.3 Å². The van der Waals surface area contributed by atoms with E-state index in [-0.39, 0.29) is 12.5 Å². The second-order valence-electron chi connectivity index (χ2n) is 7.80. The Morgan fingerprint density at radius 2 is 1.87 bits per heavy atom. The molecule has 0 aliphatic carbocycles. The van der Waals surface area contributed by atoms with Gasteiger partial charge in [0.2, 0.25) is 5.91 Å². The van der Waals surface area contributed by atoms with Gasteiger partial charge in [0.05, 0.1) is 0 Å². The predicted octanol–water partition coefficient (Wildman–Crippen LogP) is 3.94. The lowest BCUT2D eigenvalue weighted by Gasteiger charge is -2.32. The summed E-state index contributed by atoms with van der Waals surface area (Å²) in [5.41, 5.74) is 3.57. The Labute approximate surface area is 179 Å². The standard InChI is InChI=1S/C25H29N3O2/c1-20-2-4-23(5-3-20)19-28-15-12-22(13-16-28)18-27-25(29)11-8-21-6-9-24(10-7-21)30-17-14-26/h2-11,22H,12-13,15-19H2,1H3,(H,27,29)/b11-8+. The minimum absolute atomic E-state index is 0.0302. The summed E-state index contributed by atoms with van der Waals surface area (Å²) in [5, 5.41) is 11.5. The summed E-state index contributed by atoms with van der Waals surface area (Å²) in [6.07, 6.45) is 5.57. The molecule has 0 saturated carbocycles. The van der Waals surface area contributed by atoms with E-state index < -0.39 is 0 Å². The zero-order valence-electron chi connectivity index (χ0n) is 17.5. The maximum absolute atomic E-state index is 12.1. The first-order chi connectivity index (χ1) is 14.6. The molecule has 5 nitrogen and oxygen atoms in total. The van der Waals surface area contributed by atoms with Crippen LogP contribution in [0.15, 0.2) is 54.6 Å². The van der Waals surface area contributed by atoms with Crippen LogP contribution in [0.2, 0.25) is 0 Å². The fourth-order valence-corrected chi connectivity index (χ4v) is 3.57. The molecule has 3 rings (SSSR count). The highest BCUT2D eigenvalue weighted by Gasteiger charge is 2.19. The molecule has 0 unspecified atom stereocenters. The van der Waals surface area contributed by atoms with E-state index in [9.17, 15) is 4.79 Å². The Morgan fingerprint density at radius 1 is 1.17 bits per heavy atom. The summed E-state index contributed by atoms with van der Waals surface area (Å²) >= 11 is 0. The molecule has 0 radical (unpaired) electrons. The summed E-state index contributed by atoms with van der Waals surface area (Å²) in [6.45, 7) is 6.02. The third kappa shape index (κ3) is 7.06. The van der Waals surface area contributed by atoms with Crippen molar-refractivity contribution in [1.29, 1.82) is 5.26 Å². The molecule has 1 saturated heterocycles. The molecule has 1 N–H and O–H groups in total. The van der Waals surface area contributed by atoms with Crippen LogP contribution in [0.3, 0.4) is 0 Å². The molecule has 30 heavy (non-hydrogen) atoms. The first-order valence-corrected chi connectivity index (χ1v) is 10.5. The third-order valence-electron chi connectivity index (χ3n) is 5.41. The highest BCUT2D eigenvalue weighted by Crippen LogP contribution is 2.19. The van der Waals surface area contributed by atoms with E-state index in [1.165, 1.54) is 11.1 Å². The molecule has 2 aromatic carbocycles. The van der Waals surface area contributed by atoms with Crippen LogP contribution in [0.25, 0.3) is 6.08 Å². The molecule has 0 atom stereocenters. The maximum atomic E-state index is 12.1. The molecule has 0 aromatic heterocycles. The van der Waals surface area contributed by atoms with Gasteiger partial charge in [-0.25, -0.2) is 0 Å². The maximum Gasteiger partial charge on any atom is 0.244 e. The van der Waals surface area contributed by atoms with Crippen molar-refractivity contribution in [2.75, 3.05) is 26.2 Å². The Morgan fingerprint density at radius 3 is 2.53 bits per heavy atom. The van der Waals surface area contributed by atoms with Crippen LogP contribution >= 0.6 is 0 Å². The van der Waals surface area contributed by atoms with E-state index in [0.29, 0.717) is 11.7 Å². The summed E-state index contributed by atoms with van der Waals surface area (Å²) in [4.78, 5) is 14.6. The Kier molecular flexibility index (Phi) is 8.05. The van der Waals surface area contributed by atoms with Gasteiger partial charge < -0.3 is 10.1 Å². The smallest absolute Gasteiger partial charge is 0.244 e. The monoisotopic (exact) mass is 403 g/mol. The quantitative estimate of drug-likeness (QED) is 0.678. The summed E-state index contributed by atoms with van der Waals surface area (Å²) in [6, 6.07) is 18.0. The van der Waals surface area contributed by atoms with Gasteiger partial charge in [0.1, 0.15) is 11.8 Å². The minimum atomic E-state index is -0.0677. The van der Waals surface area contributed by atoms with Gasteiger partial charge in [-0.2, -0.15) is 5.26 Å². The zero-order valence-corrected chi connectivity index (χ0v) is 17.5. The van der Waals surface area contributed by atoms with E-state index in [1.807, 2.05) is 18.2 Å². The van der Waals surface area contributed by atoms with E-state index in [1.54, 1.807) is 24.3 Å². The van der Waals surface area contributed by atoms with Gasteiger partial charge in [0.25, 0.3) is 0 Å². The number of aryl methyl sites for hydroxylation is 1. The number of likely N-dealkylation sites (tertiary alicyclic amines) is 1. The minimum Gasteiger partial charge on any atom is -0.479 e. The number of ether oxygens (including phenoxy) is 1. The van der Waals surface area contributed by atoms with Gasteiger partial charge in [0, 0.05) is 19.2 Å². The average molecular weight is 404 g/mol. The summed E-state index contributed by atoms with van der Waals surface area (Å²) in [7, 11) is 0. The topological polar surface area (TPSA) is 65.4 Å². The van der Waals surface area contributed by atoms with Crippen molar-refractivity contribution in [2.24, 2.45) is 5.92 Å². The second kappa shape index (κ2) is 11.2. The number of hydrogen-bond donors (Lipinski definition) is 1. The lowest BCUT2D eigenvalue weighted by atomic mass is 9.96. The molecular weight excluding hydrogens is 374 g/mol. The van der Waals surface area contributed by atoms with Gasteiger partial charge in [-0.1, -0.05) is 42.0 Å². The summed E-state index contributed by atoms with van der Waals surface area (Å²) < 4.78 is 5.22. The normalized spacial score (nSPS) is 15.1. The van der Waals surface area contributed by atoms with Crippen LogP contribution < -0.4 is 10.1 Å². The van der Waals surface area contributed by atoms with E-state index in [0.717, 1.165) is 44.6 Å². The molecule has 1 heterocycles. The van der Waals surface area contributed by atoms with E-state index in [2.05, 4.69) is 41.4 Å². The SMILES string of the molecule is Cc1ccc(CN2CCC(CNC(=O)/C=C/c3ccc(OCC#N)cc3)CC2)cc1. The van der Waals surface area contributed by atoms with Crippen molar-refractivity contribution >= 4 is 12.0 Å². The van der Waals surface area contributed by atoms with Gasteiger partial charge in [0.15, 0.2) is 6.61 Å². The number of piperidine rings is 1. The van der Waals surface area contributed by atoms with E-state index >= 15 is 0 Å². The first-order valence-electron chi connectivity index (χ1n) is 10.5. The zero-order chi connectivity index (χ0) is 21.2. The molecular formula is C25H29N3O2. The number of amides is 1. The van der Waals surface area contributed by atoms with Crippen LogP contribution in [0.1, 0.15) is 29.5 Å². The molecule has 1 aliphatic heterocycles. The first kappa shape index (κ1) is 21.6. The average Bonchev–Trinajstić information content (AvgIpc) is 2.78. The van der Waals surface area contributed by atoms with Crippen LogP contribution in [0, 0.1) is 24.2 Å². The fourth-order valence-electron chi connectivity index (χ4n) is 3.57. The Hall–Kier alpha value is -3.10. The number of nitriles is 1. The van der Waals surface area contributed by atoms with Crippen molar-refractivity contribution < 1.29 is 9.53 Å². The number of hydrogen-bond acceptors (Lipinski definition) is 4. The van der Waals surface area contributed by atoms with Crippen molar-refractivity contribution in [1.82, 2.24) is 10.2 Å². The van der Waals surface area contributed by atoms with Crippen molar-refractivity contribution in [3.8, 4) is 11.8 Å². The number of carbonyl (C=O) groups excluding carboxylic acids is 1.